The zero-order valence-electron chi connectivity index (χ0n) is 17.7. The molecule has 2 aromatic rings. The van der Waals surface area contributed by atoms with E-state index >= 15 is 0 Å². The summed E-state index contributed by atoms with van der Waals surface area (Å²) in [6.45, 7) is 2.44. The van der Waals surface area contributed by atoms with Crippen molar-refractivity contribution in [1.29, 1.82) is 0 Å². The average Bonchev–Trinajstić information content (AvgIpc) is 2.79. The number of nitrogens with zero attached hydrogens (tertiary/aromatic N) is 3. The molecule has 0 saturated carbocycles. The molecule has 4 heterocycles. The minimum atomic E-state index is -3.69. The third-order valence-corrected chi connectivity index (χ3v) is 8.96. The lowest BCUT2D eigenvalue weighted by Crippen LogP contribution is -2.52. The molecule has 2 fully saturated rings. The van der Waals surface area contributed by atoms with Gasteiger partial charge in [0.25, 0.3) is 5.56 Å². The van der Waals surface area contributed by atoms with Crippen LogP contribution in [0.15, 0.2) is 52.2 Å². The van der Waals surface area contributed by atoms with Crippen LogP contribution in [0.1, 0.15) is 30.9 Å². The summed E-state index contributed by atoms with van der Waals surface area (Å²) < 4.78 is 42.1. The van der Waals surface area contributed by atoms with Crippen molar-refractivity contribution in [3.05, 3.63) is 64.3 Å². The number of likely N-dealkylation sites (tertiary alicyclic amines) is 1. The summed E-state index contributed by atoms with van der Waals surface area (Å²) in [6, 6.07) is 10.2. The molecule has 1 aromatic carbocycles. The molecule has 5 rings (SSSR count). The van der Waals surface area contributed by atoms with Crippen LogP contribution in [0.4, 0.5) is 4.39 Å². The van der Waals surface area contributed by atoms with E-state index in [-0.39, 0.29) is 47.2 Å². The number of benzene rings is 1. The predicted molar refractivity (Wildman–Crippen MR) is 116 cm³/mol. The van der Waals surface area contributed by atoms with Crippen molar-refractivity contribution in [1.82, 2.24) is 13.8 Å². The molecule has 2 saturated heterocycles. The number of piperidine rings is 2. The molecule has 2 atom stereocenters. The monoisotopic (exact) mass is 459 g/mol. The zero-order valence-corrected chi connectivity index (χ0v) is 18.5. The average molecular weight is 460 g/mol. The van der Waals surface area contributed by atoms with Gasteiger partial charge in [-0.05, 0) is 55.5 Å². The lowest BCUT2D eigenvalue weighted by molar-refractivity contribution is -0.139. The lowest BCUT2D eigenvalue weighted by atomic mass is 9.82. The standard InChI is InChI=1S/C23H26FN3O4S/c24-19-4-6-20(7-5-19)32(30,31)26-10-8-17(9-11-26)23(29)25-13-16-12-18(15-25)21-2-1-3-22(28)27(21)14-16/h1-7,16-18H,8-15H2. The highest BCUT2D eigenvalue weighted by atomic mass is 32.2. The molecular formula is C23H26FN3O4S. The maximum atomic E-state index is 13.3. The van der Waals surface area contributed by atoms with Crippen LogP contribution in [0.3, 0.4) is 0 Å². The Hall–Kier alpha value is -2.52. The smallest absolute Gasteiger partial charge is 0.250 e. The van der Waals surface area contributed by atoms with E-state index in [2.05, 4.69) is 0 Å². The van der Waals surface area contributed by atoms with Gasteiger partial charge in [-0.3, -0.25) is 9.59 Å². The second-order valence-electron chi connectivity index (χ2n) is 9.07. The molecule has 170 valence electrons. The first-order valence-corrected chi connectivity index (χ1v) is 12.5. The number of halogens is 1. The highest BCUT2D eigenvalue weighted by Crippen LogP contribution is 2.36. The van der Waals surface area contributed by atoms with Gasteiger partial charge in [0.15, 0.2) is 0 Å². The van der Waals surface area contributed by atoms with E-state index in [1.807, 2.05) is 15.5 Å². The SMILES string of the molecule is O=C(C1CCN(S(=O)(=O)c2ccc(F)cc2)CC1)N1CC2CC(C1)c1cccc(=O)n1C2. The second-order valence-corrected chi connectivity index (χ2v) is 11.0. The summed E-state index contributed by atoms with van der Waals surface area (Å²) in [6.07, 6.45) is 1.93. The molecule has 2 bridgehead atoms. The van der Waals surface area contributed by atoms with E-state index in [9.17, 15) is 22.4 Å². The Balaban J connectivity index is 1.25. The molecule has 0 N–H and O–H groups in total. The number of carbonyl (C=O) groups excluding carboxylic acids is 1. The Bertz CT molecular complexity index is 1190. The Kier molecular flexibility index (Phi) is 5.41. The number of hydrogen-bond acceptors (Lipinski definition) is 4. The minimum Gasteiger partial charge on any atom is -0.341 e. The number of rotatable bonds is 3. The Morgan fingerprint density at radius 1 is 0.969 bits per heavy atom. The third-order valence-electron chi connectivity index (χ3n) is 7.05. The fraction of sp³-hybridized carbons (Fsp3) is 0.478. The topological polar surface area (TPSA) is 79.7 Å². The Labute approximate surface area is 186 Å². The van der Waals surface area contributed by atoms with Crippen LogP contribution in [-0.2, 0) is 21.4 Å². The second kappa shape index (κ2) is 8.12. The molecule has 1 amide bonds. The van der Waals surface area contributed by atoms with E-state index in [1.165, 1.54) is 16.4 Å². The van der Waals surface area contributed by atoms with Crippen molar-refractivity contribution in [2.45, 2.75) is 36.6 Å². The van der Waals surface area contributed by atoms with Gasteiger partial charge in [0.2, 0.25) is 15.9 Å². The molecule has 2 unspecified atom stereocenters. The fourth-order valence-electron chi connectivity index (χ4n) is 5.43. The minimum absolute atomic E-state index is 0.0201. The van der Waals surface area contributed by atoms with Gasteiger partial charge in [0.1, 0.15) is 5.82 Å². The van der Waals surface area contributed by atoms with Gasteiger partial charge >= 0.3 is 0 Å². The molecule has 0 radical (unpaired) electrons. The van der Waals surface area contributed by atoms with Crippen LogP contribution in [0.2, 0.25) is 0 Å². The maximum absolute atomic E-state index is 13.3. The maximum Gasteiger partial charge on any atom is 0.250 e. The number of hydrogen-bond donors (Lipinski definition) is 0. The van der Waals surface area contributed by atoms with Crippen LogP contribution in [-0.4, -0.2) is 54.3 Å². The summed E-state index contributed by atoms with van der Waals surface area (Å²) in [7, 11) is -3.69. The van der Waals surface area contributed by atoms with Gasteiger partial charge < -0.3 is 9.47 Å². The van der Waals surface area contributed by atoms with Crippen LogP contribution in [0.25, 0.3) is 0 Å². The molecular weight excluding hydrogens is 433 g/mol. The number of aromatic nitrogens is 1. The van der Waals surface area contributed by atoms with Gasteiger partial charge in [-0.25, -0.2) is 12.8 Å². The quantitative estimate of drug-likeness (QED) is 0.704. The van der Waals surface area contributed by atoms with E-state index in [1.54, 1.807) is 12.1 Å². The molecule has 3 aliphatic rings. The number of amides is 1. The van der Waals surface area contributed by atoms with Crippen molar-refractivity contribution in [2.24, 2.45) is 11.8 Å². The van der Waals surface area contributed by atoms with Crippen molar-refractivity contribution < 1.29 is 17.6 Å². The fourth-order valence-corrected chi connectivity index (χ4v) is 6.90. The Morgan fingerprint density at radius 2 is 1.69 bits per heavy atom. The molecule has 1 aromatic heterocycles. The van der Waals surface area contributed by atoms with Crippen molar-refractivity contribution in [3.8, 4) is 0 Å². The van der Waals surface area contributed by atoms with Gasteiger partial charge in [-0.2, -0.15) is 4.31 Å². The molecule has 0 aliphatic carbocycles. The summed E-state index contributed by atoms with van der Waals surface area (Å²) in [5, 5.41) is 0. The third kappa shape index (κ3) is 3.77. The van der Waals surface area contributed by atoms with Crippen molar-refractivity contribution in [3.63, 3.8) is 0 Å². The van der Waals surface area contributed by atoms with E-state index in [0.29, 0.717) is 32.5 Å². The molecule has 32 heavy (non-hydrogen) atoms. The van der Waals surface area contributed by atoms with Gasteiger partial charge in [0, 0.05) is 56.3 Å². The predicted octanol–water partition coefficient (Wildman–Crippen LogP) is 2.03. The molecule has 9 heteroatoms. The first-order valence-electron chi connectivity index (χ1n) is 11.1. The van der Waals surface area contributed by atoms with Crippen molar-refractivity contribution >= 4 is 15.9 Å². The molecule has 3 aliphatic heterocycles. The highest BCUT2D eigenvalue weighted by molar-refractivity contribution is 7.89. The summed E-state index contributed by atoms with van der Waals surface area (Å²) in [4.78, 5) is 27.5. The molecule has 0 spiro atoms. The number of carbonyl (C=O) groups is 1. The van der Waals surface area contributed by atoms with Gasteiger partial charge in [-0.15, -0.1) is 0 Å². The summed E-state index contributed by atoms with van der Waals surface area (Å²) in [5.74, 6) is -0.160. The van der Waals surface area contributed by atoms with E-state index in [4.69, 9.17) is 0 Å². The number of sulfonamides is 1. The first-order chi connectivity index (χ1) is 15.3. The van der Waals surface area contributed by atoms with Gasteiger partial charge in [0.05, 0.1) is 4.90 Å². The normalized spacial score (nSPS) is 24.2. The van der Waals surface area contributed by atoms with Crippen LogP contribution >= 0.6 is 0 Å². The summed E-state index contributed by atoms with van der Waals surface area (Å²) in [5.41, 5.74) is 1.03. The molecule has 7 nitrogen and oxygen atoms in total. The van der Waals surface area contributed by atoms with Crippen molar-refractivity contribution in [2.75, 3.05) is 26.2 Å². The largest absolute Gasteiger partial charge is 0.341 e. The highest BCUT2D eigenvalue weighted by Gasteiger charge is 2.39. The lowest BCUT2D eigenvalue weighted by Gasteiger charge is -2.44. The van der Waals surface area contributed by atoms with Crippen LogP contribution in [0.5, 0.6) is 0 Å². The van der Waals surface area contributed by atoms with E-state index in [0.717, 1.165) is 24.2 Å². The van der Waals surface area contributed by atoms with Crippen LogP contribution in [0, 0.1) is 17.7 Å². The Morgan fingerprint density at radius 3 is 2.41 bits per heavy atom. The first kappa shape index (κ1) is 21.3. The summed E-state index contributed by atoms with van der Waals surface area (Å²) >= 11 is 0. The van der Waals surface area contributed by atoms with Crippen LogP contribution < -0.4 is 5.56 Å². The van der Waals surface area contributed by atoms with E-state index < -0.39 is 15.8 Å². The zero-order chi connectivity index (χ0) is 22.5. The van der Waals surface area contributed by atoms with Gasteiger partial charge in [-0.1, -0.05) is 6.07 Å². The number of fused-ring (bicyclic) bond motifs is 4. The number of pyridine rings is 1.